The second-order valence-electron chi connectivity index (χ2n) is 5.68. The van der Waals surface area contributed by atoms with Crippen LogP contribution < -0.4 is 4.72 Å². The lowest BCUT2D eigenvalue weighted by atomic mass is 10.0. The summed E-state index contributed by atoms with van der Waals surface area (Å²) >= 11 is 0. The SMILES string of the molecule is Cc1nc(S(=O)(=O)NC(CCC(=O)O)Cc2ccccc2)cn1C. The summed E-state index contributed by atoms with van der Waals surface area (Å²) in [7, 11) is -2.09. The van der Waals surface area contributed by atoms with Gasteiger partial charge >= 0.3 is 5.97 Å². The van der Waals surface area contributed by atoms with E-state index in [1.165, 1.54) is 6.20 Å². The van der Waals surface area contributed by atoms with Crippen LogP contribution in [0.25, 0.3) is 0 Å². The molecule has 0 fully saturated rings. The molecule has 130 valence electrons. The van der Waals surface area contributed by atoms with E-state index < -0.39 is 22.0 Å². The fraction of sp³-hybridized carbons (Fsp3) is 0.375. The van der Waals surface area contributed by atoms with Gasteiger partial charge in [-0.15, -0.1) is 0 Å². The number of nitrogens with zero attached hydrogens (tertiary/aromatic N) is 2. The molecule has 1 unspecified atom stereocenters. The maximum atomic E-state index is 12.5. The molecule has 1 heterocycles. The number of aromatic nitrogens is 2. The number of benzene rings is 1. The molecule has 0 saturated carbocycles. The molecule has 2 N–H and O–H groups in total. The predicted molar refractivity (Wildman–Crippen MR) is 89.1 cm³/mol. The molecule has 1 aromatic heterocycles. The molecule has 24 heavy (non-hydrogen) atoms. The summed E-state index contributed by atoms with van der Waals surface area (Å²) < 4.78 is 29.2. The third kappa shape index (κ3) is 4.90. The summed E-state index contributed by atoms with van der Waals surface area (Å²) in [6.07, 6.45) is 1.95. The zero-order chi connectivity index (χ0) is 17.7. The van der Waals surface area contributed by atoms with Crippen molar-refractivity contribution in [2.24, 2.45) is 7.05 Å². The highest BCUT2D eigenvalue weighted by Crippen LogP contribution is 2.13. The van der Waals surface area contributed by atoms with Crippen LogP contribution in [0.15, 0.2) is 41.6 Å². The molecule has 8 heteroatoms. The van der Waals surface area contributed by atoms with Gasteiger partial charge in [0.15, 0.2) is 5.03 Å². The Kier molecular flexibility index (Phi) is 5.74. The smallest absolute Gasteiger partial charge is 0.303 e. The molecule has 0 saturated heterocycles. The number of hydrogen-bond acceptors (Lipinski definition) is 4. The van der Waals surface area contributed by atoms with Crippen LogP contribution in [0.5, 0.6) is 0 Å². The molecule has 1 aromatic carbocycles. The lowest BCUT2D eigenvalue weighted by Crippen LogP contribution is -2.37. The minimum Gasteiger partial charge on any atom is -0.481 e. The van der Waals surface area contributed by atoms with Gasteiger partial charge in [-0.1, -0.05) is 30.3 Å². The quantitative estimate of drug-likeness (QED) is 0.750. The number of rotatable bonds is 8. The van der Waals surface area contributed by atoms with Crippen LogP contribution in [-0.2, 0) is 28.3 Å². The second kappa shape index (κ2) is 7.59. The van der Waals surface area contributed by atoms with Crippen LogP contribution >= 0.6 is 0 Å². The topological polar surface area (TPSA) is 101 Å². The van der Waals surface area contributed by atoms with E-state index in [4.69, 9.17) is 5.11 Å². The van der Waals surface area contributed by atoms with Gasteiger partial charge in [-0.05, 0) is 25.3 Å². The van der Waals surface area contributed by atoms with Crippen molar-refractivity contribution >= 4 is 16.0 Å². The first-order chi connectivity index (χ1) is 11.3. The average Bonchev–Trinajstić information content (AvgIpc) is 2.86. The fourth-order valence-corrected chi connectivity index (χ4v) is 3.64. The Morgan fingerprint density at radius 2 is 2.00 bits per heavy atom. The standard InChI is InChI=1S/C16H21N3O4S/c1-12-17-15(11-19(12)2)24(22,23)18-14(8-9-16(20)21)10-13-6-4-3-5-7-13/h3-7,11,14,18H,8-10H2,1-2H3,(H,20,21). The van der Waals surface area contributed by atoms with Gasteiger partial charge in [0.25, 0.3) is 10.0 Å². The summed E-state index contributed by atoms with van der Waals surface area (Å²) in [5, 5.41) is 8.83. The van der Waals surface area contributed by atoms with Gasteiger partial charge in [-0.25, -0.2) is 18.1 Å². The number of carbonyl (C=O) groups is 1. The molecule has 0 aliphatic carbocycles. The minimum absolute atomic E-state index is 0.0594. The highest BCUT2D eigenvalue weighted by atomic mass is 32.2. The van der Waals surface area contributed by atoms with E-state index in [0.29, 0.717) is 12.2 Å². The van der Waals surface area contributed by atoms with Gasteiger partial charge in [0, 0.05) is 25.7 Å². The Balaban J connectivity index is 2.18. The molecule has 0 spiro atoms. The van der Waals surface area contributed by atoms with Gasteiger partial charge in [0.1, 0.15) is 5.82 Å². The third-order valence-electron chi connectivity index (χ3n) is 3.72. The fourth-order valence-electron chi connectivity index (χ4n) is 2.33. The maximum absolute atomic E-state index is 12.5. The summed E-state index contributed by atoms with van der Waals surface area (Å²) in [4.78, 5) is 14.9. The molecular formula is C16H21N3O4S. The molecular weight excluding hydrogens is 330 g/mol. The Bertz CT molecular complexity index is 780. The Morgan fingerprint density at radius 3 is 2.54 bits per heavy atom. The first-order valence-corrected chi connectivity index (χ1v) is 9.04. The Morgan fingerprint density at radius 1 is 1.33 bits per heavy atom. The lowest BCUT2D eigenvalue weighted by molar-refractivity contribution is -0.137. The van der Waals surface area contributed by atoms with Crippen LogP contribution in [0.3, 0.4) is 0 Å². The van der Waals surface area contributed by atoms with E-state index in [-0.39, 0.29) is 17.9 Å². The number of imidazole rings is 1. The number of nitrogens with one attached hydrogen (secondary N) is 1. The molecule has 1 atom stereocenters. The molecule has 0 radical (unpaired) electrons. The van der Waals surface area contributed by atoms with Crippen molar-refractivity contribution in [1.29, 1.82) is 0 Å². The number of carboxylic acid groups (broad SMARTS) is 1. The molecule has 0 amide bonds. The summed E-state index contributed by atoms with van der Waals surface area (Å²) in [6.45, 7) is 1.71. The van der Waals surface area contributed by atoms with Gasteiger partial charge < -0.3 is 9.67 Å². The lowest BCUT2D eigenvalue weighted by Gasteiger charge is -2.17. The number of sulfonamides is 1. The molecule has 7 nitrogen and oxygen atoms in total. The predicted octanol–water partition coefficient (Wildman–Crippen LogP) is 1.48. The van der Waals surface area contributed by atoms with Crippen molar-refractivity contribution in [3.63, 3.8) is 0 Å². The largest absolute Gasteiger partial charge is 0.481 e. The van der Waals surface area contributed by atoms with Crippen LogP contribution in [0.4, 0.5) is 0 Å². The van der Waals surface area contributed by atoms with Crippen molar-refractivity contribution < 1.29 is 18.3 Å². The summed E-state index contributed by atoms with van der Waals surface area (Å²) in [5.41, 5.74) is 0.938. The van der Waals surface area contributed by atoms with E-state index in [9.17, 15) is 13.2 Å². The van der Waals surface area contributed by atoms with E-state index in [1.807, 2.05) is 30.3 Å². The van der Waals surface area contributed by atoms with Crippen LogP contribution in [-0.4, -0.2) is 35.1 Å². The van der Waals surface area contributed by atoms with E-state index in [0.717, 1.165) is 5.56 Å². The second-order valence-corrected chi connectivity index (χ2v) is 7.34. The average molecular weight is 351 g/mol. The number of aryl methyl sites for hydroxylation is 2. The molecule has 0 aliphatic heterocycles. The van der Waals surface area contributed by atoms with Gasteiger partial charge in [-0.3, -0.25) is 4.79 Å². The summed E-state index contributed by atoms with van der Waals surface area (Å²) in [6, 6.07) is 8.84. The maximum Gasteiger partial charge on any atom is 0.303 e. The molecule has 2 rings (SSSR count). The first kappa shape index (κ1) is 18.2. The van der Waals surface area contributed by atoms with Crippen molar-refractivity contribution in [1.82, 2.24) is 14.3 Å². The van der Waals surface area contributed by atoms with Crippen LogP contribution in [0.2, 0.25) is 0 Å². The number of hydrogen-bond donors (Lipinski definition) is 2. The van der Waals surface area contributed by atoms with Gasteiger partial charge in [0.05, 0.1) is 0 Å². The zero-order valence-corrected chi connectivity index (χ0v) is 14.5. The normalized spacial score (nSPS) is 12.9. The van der Waals surface area contributed by atoms with E-state index in [1.54, 1.807) is 18.5 Å². The first-order valence-electron chi connectivity index (χ1n) is 7.56. The van der Waals surface area contributed by atoms with Crippen molar-refractivity contribution in [3.05, 3.63) is 47.9 Å². The zero-order valence-electron chi connectivity index (χ0n) is 13.6. The molecule has 2 aromatic rings. The van der Waals surface area contributed by atoms with E-state index in [2.05, 4.69) is 9.71 Å². The van der Waals surface area contributed by atoms with Crippen molar-refractivity contribution in [2.45, 2.75) is 37.3 Å². The summed E-state index contributed by atoms with van der Waals surface area (Å²) in [5.74, 6) is -0.374. The van der Waals surface area contributed by atoms with Crippen LogP contribution in [0, 0.1) is 6.92 Å². The van der Waals surface area contributed by atoms with Crippen LogP contribution in [0.1, 0.15) is 24.2 Å². The Hall–Kier alpha value is -2.19. The number of carboxylic acids is 1. The van der Waals surface area contributed by atoms with Gasteiger partial charge in [0.2, 0.25) is 0 Å². The van der Waals surface area contributed by atoms with Gasteiger partial charge in [-0.2, -0.15) is 0 Å². The Labute approximate surface area is 141 Å². The monoisotopic (exact) mass is 351 g/mol. The highest BCUT2D eigenvalue weighted by Gasteiger charge is 2.23. The molecule has 0 aliphatic rings. The minimum atomic E-state index is -3.80. The molecule has 0 bridgehead atoms. The van der Waals surface area contributed by atoms with Crippen molar-refractivity contribution in [2.75, 3.05) is 0 Å². The van der Waals surface area contributed by atoms with Crippen molar-refractivity contribution in [3.8, 4) is 0 Å². The number of aliphatic carboxylic acids is 1. The highest BCUT2D eigenvalue weighted by molar-refractivity contribution is 7.89. The third-order valence-corrected chi connectivity index (χ3v) is 5.11. The van der Waals surface area contributed by atoms with E-state index >= 15 is 0 Å².